The second-order valence-electron chi connectivity index (χ2n) is 5.66. The van der Waals surface area contributed by atoms with E-state index in [0.717, 1.165) is 32.2 Å². The van der Waals surface area contributed by atoms with Crippen LogP contribution in [0.15, 0.2) is 18.2 Å². The molecule has 1 saturated carbocycles. The zero-order valence-corrected chi connectivity index (χ0v) is 12.7. The highest BCUT2D eigenvalue weighted by molar-refractivity contribution is 5.95. The molecule has 3 rings (SSSR count). The summed E-state index contributed by atoms with van der Waals surface area (Å²) in [5.41, 5.74) is 0.631. The van der Waals surface area contributed by atoms with Gasteiger partial charge in [-0.25, -0.2) is 0 Å². The van der Waals surface area contributed by atoms with Crippen molar-refractivity contribution in [1.82, 2.24) is 9.80 Å². The van der Waals surface area contributed by atoms with Crippen LogP contribution in [0.5, 0.6) is 11.5 Å². The summed E-state index contributed by atoms with van der Waals surface area (Å²) < 4.78 is 10.5. The van der Waals surface area contributed by atoms with Crippen LogP contribution < -0.4 is 9.47 Å². The summed E-state index contributed by atoms with van der Waals surface area (Å²) in [4.78, 5) is 17.0. The molecule has 0 spiro atoms. The molecule has 114 valence electrons. The van der Waals surface area contributed by atoms with E-state index in [9.17, 15) is 4.79 Å². The van der Waals surface area contributed by atoms with Crippen LogP contribution in [0.3, 0.4) is 0 Å². The number of carbonyl (C=O) groups is 1. The van der Waals surface area contributed by atoms with Gasteiger partial charge in [0.1, 0.15) is 11.5 Å². The summed E-state index contributed by atoms with van der Waals surface area (Å²) >= 11 is 0. The van der Waals surface area contributed by atoms with Crippen LogP contribution in [0.1, 0.15) is 23.2 Å². The van der Waals surface area contributed by atoms with E-state index in [1.54, 1.807) is 32.4 Å². The molecule has 1 heterocycles. The van der Waals surface area contributed by atoms with Gasteiger partial charge in [0.15, 0.2) is 0 Å². The number of ether oxygens (including phenoxy) is 2. The monoisotopic (exact) mass is 290 g/mol. The van der Waals surface area contributed by atoms with Crippen LogP contribution in [0.25, 0.3) is 0 Å². The van der Waals surface area contributed by atoms with E-state index in [-0.39, 0.29) is 5.91 Å². The minimum absolute atomic E-state index is 0.0580. The fraction of sp³-hybridized carbons (Fsp3) is 0.562. The molecule has 0 N–H and O–H groups in total. The van der Waals surface area contributed by atoms with Gasteiger partial charge in [-0.3, -0.25) is 9.69 Å². The van der Waals surface area contributed by atoms with Crippen molar-refractivity contribution in [2.45, 2.75) is 18.9 Å². The van der Waals surface area contributed by atoms with Crippen LogP contribution in [0.2, 0.25) is 0 Å². The maximum Gasteiger partial charge on any atom is 0.254 e. The Morgan fingerprint density at radius 1 is 1.00 bits per heavy atom. The number of hydrogen-bond donors (Lipinski definition) is 0. The Labute approximate surface area is 125 Å². The number of rotatable bonds is 4. The Morgan fingerprint density at radius 2 is 1.57 bits per heavy atom. The van der Waals surface area contributed by atoms with Crippen molar-refractivity contribution >= 4 is 5.91 Å². The number of nitrogens with zero attached hydrogens (tertiary/aromatic N) is 2. The molecule has 2 aliphatic rings. The van der Waals surface area contributed by atoms with Gasteiger partial charge in [-0.1, -0.05) is 0 Å². The zero-order valence-electron chi connectivity index (χ0n) is 12.7. The molecule has 0 radical (unpaired) electrons. The fourth-order valence-corrected chi connectivity index (χ4v) is 2.84. The van der Waals surface area contributed by atoms with Gasteiger partial charge >= 0.3 is 0 Å². The predicted molar refractivity (Wildman–Crippen MR) is 80.0 cm³/mol. The predicted octanol–water partition coefficient (Wildman–Crippen LogP) is 1.62. The second-order valence-corrected chi connectivity index (χ2v) is 5.66. The van der Waals surface area contributed by atoms with Gasteiger partial charge < -0.3 is 14.4 Å². The number of benzene rings is 1. The van der Waals surface area contributed by atoms with Gasteiger partial charge in [0, 0.05) is 43.9 Å². The number of carbonyl (C=O) groups excluding carboxylic acids is 1. The molecule has 0 bridgehead atoms. The lowest BCUT2D eigenvalue weighted by Crippen LogP contribution is -2.49. The molecule has 5 heteroatoms. The van der Waals surface area contributed by atoms with Crippen molar-refractivity contribution < 1.29 is 14.3 Å². The highest BCUT2D eigenvalue weighted by atomic mass is 16.5. The zero-order chi connectivity index (χ0) is 14.8. The first-order valence-corrected chi connectivity index (χ1v) is 7.47. The largest absolute Gasteiger partial charge is 0.497 e. The molecule has 1 aromatic carbocycles. The smallest absolute Gasteiger partial charge is 0.254 e. The molecule has 21 heavy (non-hydrogen) atoms. The Kier molecular flexibility index (Phi) is 4.01. The van der Waals surface area contributed by atoms with Crippen molar-refractivity contribution in [3.63, 3.8) is 0 Å². The quantitative estimate of drug-likeness (QED) is 0.845. The summed E-state index contributed by atoms with van der Waals surface area (Å²) in [6, 6.07) is 6.11. The second kappa shape index (κ2) is 5.93. The topological polar surface area (TPSA) is 42.0 Å². The van der Waals surface area contributed by atoms with Crippen molar-refractivity contribution in [3.05, 3.63) is 23.8 Å². The van der Waals surface area contributed by atoms with Crippen LogP contribution >= 0.6 is 0 Å². The summed E-state index contributed by atoms with van der Waals surface area (Å²) in [7, 11) is 3.19. The van der Waals surface area contributed by atoms with E-state index >= 15 is 0 Å². The first kappa shape index (κ1) is 14.2. The van der Waals surface area contributed by atoms with Crippen molar-refractivity contribution in [2.75, 3.05) is 40.4 Å². The van der Waals surface area contributed by atoms with E-state index in [1.165, 1.54) is 12.8 Å². The highest BCUT2D eigenvalue weighted by Gasteiger charge is 2.32. The third kappa shape index (κ3) is 3.13. The van der Waals surface area contributed by atoms with E-state index in [0.29, 0.717) is 17.1 Å². The van der Waals surface area contributed by atoms with Crippen LogP contribution in [-0.4, -0.2) is 62.1 Å². The van der Waals surface area contributed by atoms with Gasteiger partial charge in [0.2, 0.25) is 0 Å². The van der Waals surface area contributed by atoms with Gasteiger partial charge in [0.05, 0.1) is 14.2 Å². The molecule has 1 saturated heterocycles. The molecule has 0 aromatic heterocycles. The lowest BCUT2D eigenvalue weighted by atomic mass is 10.1. The van der Waals surface area contributed by atoms with Gasteiger partial charge in [0.25, 0.3) is 5.91 Å². The summed E-state index contributed by atoms with van der Waals surface area (Å²) in [5, 5.41) is 0. The number of hydrogen-bond acceptors (Lipinski definition) is 4. The summed E-state index contributed by atoms with van der Waals surface area (Å²) in [6.07, 6.45) is 2.64. The molecule has 2 fully saturated rings. The average Bonchev–Trinajstić information content (AvgIpc) is 3.38. The third-order valence-electron chi connectivity index (χ3n) is 4.26. The van der Waals surface area contributed by atoms with Crippen LogP contribution in [0, 0.1) is 0 Å². The van der Waals surface area contributed by atoms with Crippen LogP contribution in [-0.2, 0) is 0 Å². The maximum absolute atomic E-state index is 12.6. The van der Waals surface area contributed by atoms with Crippen molar-refractivity contribution in [1.29, 1.82) is 0 Å². The lowest BCUT2D eigenvalue weighted by Gasteiger charge is -2.34. The molecular weight excluding hydrogens is 268 g/mol. The molecule has 5 nitrogen and oxygen atoms in total. The number of piperazine rings is 1. The number of methoxy groups -OCH3 is 2. The fourth-order valence-electron chi connectivity index (χ4n) is 2.84. The van der Waals surface area contributed by atoms with E-state index in [4.69, 9.17) is 9.47 Å². The van der Waals surface area contributed by atoms with Gasteiger partial charge in [-0.2, -0.15) is 0 Å². The van der Waals surface area contributed by atoms with E-state index in [2.05, 4.69) is 4.90 Å². The molecule has 1 aliphatic carbocycles. The molecule has 0 unspecified atom stereocenters. The van der Waals surface area contributed by atoms with Gasteiger partial charge in [-0.05, 0) is 25.0 Å². The maximum atomic E-state index is 12.6. The molecular formula is C16H22N2O3. The van der Waals surface area contributed by atoms with E-state index < -0.39 is 0 Å². The van der Waals surface area contributed by atoms with Crippen molar-refractivity contribution in [2.24, 2.45) is 0 Å². The first-order chi connectivity index (χ1) is 10.2. The summed E-state index contributed by atoms with van der Waals surface area (Å²) in [6.45, 7) is 3.57. The minimum Gasteiger partial charge on any atom is -0.497 e. The van der Waals surface area contributed by atoms with Crippen LogP contribution in [0.4, 0.5) is 0 Å². The normalized spacial score (nSPS) is 19.4. The Morgan fingerprint density at radius 3 is 2.05 bits per heavy atom. The summed E-state index contributed by atoms with van der Waals surface area (Å²) in [5.74, 6) is 1.35. The van der Waals surface area contributed by atoms with Crippen molar-refractivity contribution in [3.8, 4) is 11.5 Å². The molecule has 1 aromatic rings. The molecule has 0 atom stereocenters. The first-order valence-electron chi connectivity index (χ1n) is 7.47. The Hall–Kier alpha value is -1.75. The Bertz CT molecular complexity index is 498. The van der Waals surface area contributed by atoms with E-state index in [1.807, 2.05) is 4.90 Å². The Balaban J connectivity index is 1.69. The number of amides is 1. The minimum atomic E-state index is 0.0580. The highest BCUT2D eigenvalue weighted by Crippen LogP contribution is 2.28. The third-order valence-corrected chi connectivity index (χ3v) is 4.26. The SMILES string of the molecule is COc1cc(OC)cc(C(=O)N2CCN(C3CC3)CC2)c1. The lowest BCUT2D eigenvalue weighted by molar-refractivity contribution is 0.0626. The van der Waals surface area contributed by atoms with Gasteiger partial charge in [-0.15, -0.1) is 0 Å². The average molecular weight is 290 g/mol. The standard InChI is InChI=1S/C16H22N2O3/c1-20-14-9-12(10-15(11-14)21-2)16(19)18-7-5-17(6-8-18)13-3-4-13/h9-11,13H,3-8H2,1-2H3. The molecule has 1 aliphatic heterocycles. The molecule has 1 amide bonds.